The maximum Gasteiger partial charge on any atom is 0.0138 e. The van der Waals surface area contributed by atoms with Crippen LogP contribution in [-0.4, -0.2) is 10.6 Å². The molecule has 1 N–H and O–H groups in total. The number of hydrogen-bond donors (Lipinski definition) is 1. The highest BCUT2D eigenvalue weighted by Crippen LogP contribution is 2.18. The van der Waals surface area contributed by atoms with Crippen molar-refractivity contribution in [3.63, 3.8) is 0 Å². The molecule has 7 heavy (non-hydrogen) atoms. The predicted molar refractivity (Wildman–Crippen MR) is 34.9 cm³/mol. The van der Waals surface area contributed by atoms with Crippen LogP contribution < -0.4 is 0 Å². The zero-order valence-corrected chi connectivity index (χ0v) is 5.94. The lowest BCUT2D eigenvalue weighted by atomic mass is 10.3. The molecule has 0 aromatic rings. The van der Waals surface area contributed by atoms with E-state index in [1.807, 2.05) is 0 Å². The summed E-state index contributed by atoms with van der Waals surface area (Å²) in [6, 6.07) is 0. The van der Waals surface area contributed by atoms with Crippen molar-refractivity contribution in [1.82, 2.24) is 0 Å². The van der Waals surface area contributed by atoms with Crippen molar-refractivity contribution in [3.05, 3.63) is 0 Å². The number of rotatable bonds is 3. The molecule has 1 nitrogen and oxygen atoms in total. The van der Waals surface area contributed by atoms with Crippen molar-refractivity contribution in [3.8, 4) is 0 Å². The second-order valence-electron chi connectivity index (χ2n) is 1.64. The standard InChI is InChI=1S/C5H13OP/c1-3-5(4-2)7-6/h5-7H,3-4H2,1-2H3. The van der Waals surface area contributed by atoms with Crippen molar-refractivity contribution < 1.29 is 4.89 Å². The third-order valence-corrected chi connectivity index (χ3v) is 2.35. The van der Waals surface area contributed by atoms with E-state index in [-0.39, 0.29) is 8.81 Å². The Kier molecular flexibility index (Phi) is 4.80. The molecule has 0 fully saturated rings. The van der Waals surface area contributed by atoms with E-state index in [4.69, 9.17) is 4.89 Å². The Morgan fingerprint density at radius 3 is 1.86 bits per heavy atom. The summed E-state index contributed by atoms with van der Waals surface area (Å²) in [7, 11) is 0.149. The average molecular weight is 120 g/mol. The molecule has 0 aliphatic heterocycles. The van der Waals surface area contributed by atoms with E-state index in [9.17, 15) is 0 Å². The van der Waals surface area contributed by atoms with Crippen LogP contribution in [0.3, 0.4) is 0 Å². The van der Waals surface area contributed by atoms with Crippen molar-refractivity contribution in [2.24, 2.45) is 0 Å². The molecule has 0 bridgehead atoms. The highest BCUT2D eigenvalue weighted by molar-refractivity contribution is 7.32. The van der Waals surface area contributed by atoms with Crippen molar-refractivity contribution in [2.45, 2.75) is 32.3 Å². The second-order valence-corrected chi connectivity index (χ2v) is 2.72. The van der Waals surface area contributed by atoms with Crippen molar-refractivity contribution in [2.75, 3.05) is 0 Å². The van der Waals surface area contributed by atoms with Crippen LogP contribution >= 0.6 is 8.81 Å². The van der Waals surface area contributed by atoms with Gasteiger partial charge in [0.05, 0.1) is 0 Å². The van der Waals surface area contributed by atoms with Gasteiger partial charge in [0.1, 0.15) is 0 Å². The van der Waals surface area contributed by atoms with Crippen LogP contribution in [0.15, 0.2) is 0 Å². The topological polar surface area (TPSA) is 20.2 Å². The summed E-state index contributed by atoms with van der Waals surface area (Å²) in [5, 5.41) is 0. The molecule has 0 saturated heterocycles. The van der Waals surface area contributed by atoms with E-state index in [2.05, 4.69) is 13.8 Å². The summed E-state index contributed by atoms with van der Waals surface area (Å²) in [5.41, 5.74) is 0.569. The van der Waals surface area contributed by atoms with Crippen LogP contribution in [0.25, 0.3) is 0 Å². The molecule has 0 aromatic carbocycles. The first-order valence-corrected chi connectivity index (χ1v) is 3.77. The summed E-state index contributed by atoms with van der Waals surface area (Å²) in [6.07, 6.45) is 2.23. The second kappa shape index (κ2) is 4.55. The largest absolute Gasteiger partial charge is 0.377 e. The first kappa shape index (κ1) is 7.39. The van der Waals surface area contributed by atoms with E-state index < -0.39 is 0 Å². The van der Waals surface area contributed by atoms with Gasteiger partial charge in [0.15, 0.2) is 0 Å². The average Bonchev–Trinajstić information content (AvgIpc) is 1.72. The Balaban J connectivity index is 2.99. The molecule has 0 aromatic heterocycles. The first-order valence-electron chi connectivity index (χ1n) is 2.74. The predicted octanol–water partition coefficient (Wildman–Crippen LogP) is 1.76. The molecule has 44 valence electrons. The molecule has 1 unspecified atom stereocenters. The minimum Gasteiger partial charge on any atom is -0.377 e. The molecule has 0 rings (SSSR count). The Morgan fingerprint density at radius 1 is 1.43 bits per heavy atom. The lowest BCUT2D eigenvalue weighted by molar-refractivity contribution is 0.614. The Bertz CT molecular complexity index is 29.6. The third-order valence-electron chi connectivity index (χ3n) is 1.17. The summed E-state index contributed by atoms with van der Waals surface area (Å²) in [6.45, 7) is 4.22. The maximum atomic E-state index is 8.55. The molecule has 0 saturated carbocycles. The monoisotopic (exact) mass is 120 g/mol. The van der Waals surface area contributed by atoms with Gasteiger partial charge < -0.3 is 4.89 Å². The van der Waals surface area contributed by atoms with Gasteiger partial charge in [-0.1, -0.05) is 13.8 Å². The van der Waals surface area contributed by atoms with E-state index in [1.54, 1.807) is 0 Å². The van der Waals surface area contributed by atoms with Crippen LogP contribution in [0.5, 0.6) is 0 Å². The summed E-state index contributed by atoms with van der Waals surface area (Å²) >= 11 is 0. The molecule has 0 aliphatic rings. The molecule has 2 heteroatoms. The summed E-state index contributed by atoms with van der Waals surface area (Å²) in [4.78, 5) is 8.55. The molecular formula is C5H13OP. The summed E-state index contributed by atoms with van der Waals surface area (Å²) < 4.78 is 0. The highest BCUT2D eigenvalue weighted by Gasteiger charge is 1.97. The van der Waals surface area contributed by atoms with Gasteiger partial charge in [-0.05, 0) is 18.5 Å². The van der Waals surface area contributed by atoms with E-state index in [0.717, 1.165) is 12.8 Å². The van der Waals surface area contributed by atoms with Gasteiger partial charge >= 0.3 is 0 Å². The highest BCUT2D eigenvalue weighted by atomic mass is 31.1. The molecule has 0 radical (unpaired) electrons. The molecule has 0 spiro atoms. The van der Waals surface area contributed by atoms with Gasteiger partial charge in [-0.25, -0.2) is 0 Å². The lowest BCUT2D eigenvalue weighted by Gasteiger charge is -2.04. The van der Waals surface area contributed by atoms with Gasteiger partial charge in [-0.15, -0.1) is 0 Å². The van der Waals surface area contributed by atoms with Gasteiger partial charge in [0.2, 0.25) is 0 Å². The van der Waals surface area contributed by atoms with Crippen molar-refractivity contribution >= 4 is 8.81 Å². The Hall–Kier alpha value is 0.390. The minimum absolute atomic E-state index is 0.149. The fraction of sp³-hybridized carbons (Fsp3) is 1.00. The zero-order valence-electron chi connectivity index (χ0n) is 4.94. The fourth-order valence-electron chi connectivity index (χ4n) is 0.471. The van der Waals surface area contributed by atoms with Crippen LogP contribution in [-0.2, 0) is 0 Å². The van der Waals surface area contributed by atoms with Crippen LogP contribution in [0.4, 0.5) is 0 Å². The first-order chi connectivity index (χ1) is 3.35. The summed E-state index contributed by atoms with van der Waals surface area (Å²) in [5.74, 6) is 0. The molecular weight excluding hydrogens is 107 g/mol. The van der Waals surface area contributed by atoms with Gasteiger partial charge in [0, 0.05) is 8.81 Å². The number of hydrogen-bond acceptors (Lipinski definition) is 1. The SMILES string of the molecule is CCC(CC)PO. The van der Waals surface area contributed by atoms with E-state index in [1.165, 1.54) is 0 Å². The van der Waals surface area contributed by atoms with E-state index in [0.29, 0.717) is 5.66 Å². The lowest BCUT2D eigenvalue weighted by Crippen LogP contribution is -1.92. The smallest absolute Gasteiger partial charge is 0.0138 e. The normalized spacial score (nSPS) is 12.0. The molecule has 1 atom stereocenters. The maximum absolute atomic E-state index is 8.55. The van der Waals surface area contributed by atoms with Gasteiger partial charge in [0.25, 0.3) is 0 Å². The fourth-order valence-corrected chi connectivity index (χ4v) is 0.836. The van der Waals surface area contributed by atoms with Crippen LogP contribution in [0.1, 0.15) is 26.7 Å². The minimum atomic E-state index is 0.149. The van der Waals surface area contributed by atoms with Crippen LogP contribution in [0.2, 0.25) is 0 Å². The van der Waals surface area contributed by atoms with E-state index >= 15 is 0 Å². The van der Waals surface area contributed by atoms with Crippen molar-refractivity contribution in [1.29, 1.82) is 0 Å². The third kappa shape index (κ3) is 3.02. The van der Waals surface area contributed by atoms with Gasteiger partial charge in [-0.2, -0.15) is 0 Å². The molecule has 0 amide bonds. The Labute approximate surface area is 47.0 Å². The van der Waals surface area contributed by atoms with Gasteiger partial charge in [-0.3, -0.25) is 0 Å². The van der Waals surface area contributed by atoms with Crippen LogP contribution in [0, 0.1) is 0 Å². The molecule has 0 heterocycles. The Morgan fingerprint density at radius 2 is 1.86 bits per heavy atom. The zero-order chi connectivity index (χ0) is 5.70. The molecule has 0 aliphatic carbocycles. The quantitative estimate of drug-likeness (QED) is 0.562.